The summed E-state index contributed by atoms with van der Waals surface area (Å²) in [4.78, 5) is 5.12. The van der Waals surface area contributed by atoms with E-state index in [4.69, 9.17) is 0 Å². The van der Waals surface area contributed by atoms with Gasteiger partial charge >= 0.3 is 0 Å². The van der Waals surface area contributed by atoms with E-state index in [0.717, 1.165) is 38.8 Å². The van der Waals surface area contributed by atoms with Crippen LogP contribution in [0, 0.1) is 0 Å². The predicted molar refractivity (Wildman–Crippen MR) is 142 cm³/mol. The quantitative estimate of drug-likeness (QED) is 0.431. The Hall–Kier alpha value is -2.78. The number of aryl methyl sites for hydroxylation is 1. The van der Waals surface area contributed by atoms with E-state index >= 15 is 0 Å². The van der Waals surface area contributed by atoms with Gasteiger partial charge in [-0.15, -0.1) is 0 Å². The molecular formula is C31H38N2O. The SMILES string of the molecule is CCN(Cc1ccc(CCN2CCCC2)cc1)c1ccccc1[C@@H]1CCc2cc(O)ccc2C1. The summed E-state index contributed by atoms with van der Waals surface area (Å²) in [5.74, 6) is 0.909. The highest BCUT2D eigenvalue weighted by Crippen LogP contribution is 2.38. The van der Waals surface area contributed by atoms with Gasteiger partial charge in [0.25, 0.3) is 0 Å². The molecule has 1 fully saturated rings. The van der Waals surface area contributed by atoms with Crippen LogP contribution in [0.2, 0.25) is 0 Å². The molecule has 178 valence electrons. The molecule has 3 aromatic carbocycles. The second kappa shape index (κ2) is 10.7. The molecule has 0 unspecified atom stereocenters. The third-order valence-corrected chi connectivity index (χ3v) is 7.83. The third-order valence-electron chi connectivity index (χ3n) is 7.83. The van der Waals surface area contributed by atoms with Gasteiger partial charge in [-0.1, -0.05) is 48.5 Å². The molecule has 0 saturated carbocycles. The largest absolute Gasteiger partial charge is 0.508 e. The van der Waals surface area contributed by atoms with Crippen LogP contribution >= 0.6 is 0 Å². The first-order valence-electron chi connectivity index (χ1n) is 13.1. The average Bonchev–Trinajstić information content (AvgIpc) is 3.40. The van der Waals surface area contributed by atoms with Crippen LogP contribution in [0.3, 0.4) is 0 Å². The van der Waals surface area contributed by atoms with Gasteiger partial charge in [-0.2, -0.15) is 0 Å². The van der Waals surface area contributed by atoms with Crippen molar-refractivity contribution >= 4 is 5.69 Å². The molecule has 0 radical (unpaired) electrons. The van der Waals surface area contributed by atoms with Crippen LogP contribution in [0.5, 0.6) is 5.75 Å². The topological polar surface area (TPSA) is 26.7 Å². The van der Waals surface area contributed by atoms with Gasteiger partial charge in [0.05, 0.1) is 0 Å². The molecule has 3 aromatic rings. The molecule has 1 saturated heterocycles. The second-order valence-electron chi connectivity index (χ2n) is 10.1. The third kappa shape index (κ3) is 5.31. The lowest BCUT2D eigenvalue weighted by Gasteiger charge is -2.31. The molecule has 34 heavy (non-hydrogen) atoms. The number of aromatic hydroxyl groups is 1. The Morgan fingerprint density at radius 1 is 0.912 bits per heavy atom. The van der Waals surface area contributed by atoms with Crippen molar-refractivity contribution in [2.24, 2.45) is 0 Å². The maximum atomic E-state index is 9.85. The average molecular weight is 455 g/mol. The van der Waals surface area contributed by atoms with Crippen molar-refractivity contribution in [2.75, 3.05) is 31.1 Å². The number of phenolic OH excluding ortho intramolecular Hbond substituents is 1. The van der Waals surface area contributed by atoms with Crippen molar-refractivity contribution in [3.63, 3.8) is 0 Å². The first kappa shape index (κ1) is 23.0. The molecule has 0 bridgehead atoms. The van der Waals surface area contributed by atoms with Crippen LogP contribution in [0.4, 0.5) is 5.69 Å². The van der Waals surface area contributed by atoms with E-state index in [2.05, 4.69) is 71.3 Å². The van der Waals surface area contributed by atoms with E-state index in [9.17, 15) is 5.11 Å². The number of nitrogens with zero attached hydrogens (tertiary/aromatic N) is 2. The van der Waals surface area contributed by atoms with Gasteiger partial charge in [-0.05, 0) is 110 Å². The lowest BCUT2D eigenvalue weighted by Crippen LogP contribution is -2.25. The van der Waals surface area contributed by atoms with Crippen molar-refractivity contribution in [1.29, 1.82) is 0 Å². The number of hydrogen-bond donors (Lipinski definition) is 1. The highest BCUT2D eigenvalue weighted by Gasteiger charge is 2.24. The van der Waals surface area contributed by atoms with Crippen LogP contribution in [-0.2, 0) is 25.8 Å². The van der Waals surface area contributed by atoms with E-state index < -0.39 is 0 Å². The van der Waals surface area contributed by atoms with E-state index in [1.165, 1.54) is 66.0 Å². The highest BCUT2D eigenvalue weighted by atomic mass is 16.3. The van der Waals surface area contributed by atoms with E-state index in [1.54, 1.807) is 0 Å². The van der Waals surface area contributed by atoms with Crippen molar-refractivity contribution in [3.05, 3.63) is 94.5 Å². The number of fused-ring (bicyclic) bond motifs is 1. The zero-order valence-electron chi connectivity index (χ0n) is 20.5. The molecule has 1 atom stereocenters. The molecule has 3 nitrogen and oxygen atoms in total. The Morgan fingerprint density at radius 3 is 2.47 bits per heavy atom. The molecule has 3 heteroatoms. The molecule has 0 amide bonds. The lowest BCUT2D eigenvalue weighted by atomic mass is 9.79. The molecular weight excluding hydrogens is 416 g/mol. The summed E-state index contributed by atoms with van der Waals surface area (Å²) in [5, 5.41) is 9.85. The number of likely N-dealkylation sites (tertiary alicyclic amines) is 1. The van der Waals surface area contributed by atoms with E-state index in [1.807, 2.05) is 12.1 Å². The summed E-state index contributed by atoms with van der Waals surface area (Å²) in [7, 11) is 0. The Kier molecular flexibility index (Phi) is 7.20. The molecule has 1 N–H and O–H groups in total. The van der Waals surface area contributed by atoms with Crippen molar-refractivity contribution in [3.8, 4) is 5.75 Å². The second-order valence-corrected chi connectivity index (χ2v) is 10.1. The fourth-order valence-electron chi connectivity index (χ4n) is 5.82. The molecule has 1 aliphatic heterocycles. The van der Waals surface area contributed by atoms with E-state index in [-0.39, 0.29) is 0 Å². The molecule has 0 spiro atoms. The minimum absolute atomic E-state index is 0.386. The van der Waals surface area contributed by atoms with Crippen molar-refractivity contribution < 1.29 is 5.11 Å². The van der Waals surface area contributed by atoms with Gasteiger partial charge < -0.3 is 14.9 Å². The Labute approximate surface area is 205 Å². The smallest absolute Gasteiger partial charge is 0.115 e. The van der Waals surface area contributed by atoms with Gasteiger partial charge in [-0.3, -0.25) is 0 Å². The monoisotopic (exact) mass is 454 g/mol. The molecule has 0 aromatic heterocycles. The zero-order chi connectivity index (χ0) is 23.3. The van der Waals surface area contributed by atoms with Crippen LogP contribution < -0.4 is 4.90 Å². The Morgan fingerprint density at radius 2 is 1.68 bits per heavy atom. The number of anilines is 1. The van der Waals surface area contributed by atoms with Gasteiger partial charge in [-0.25, -0.2) is 0 Å². The Bertz CT molecular complexity index is 1080. The van der Waals surface area contributed by atoms with Gasteiger partial charge in [0.2, 0.25) is 0 Å². The molecule has 5 rings (SSSR count). The normalized spacial score (nSPS) is 18.1. The maximum Gasteiger partial charge on any atom is 0.115 e. The summed E-state index contributed by atoms with van der Waals surface area (Å²) < 4.78 is 0. The lowest BCUT2D eigenvalue weighted by molar-refractivity contribution is 0.343. The number of rotatable bonds is 8. The van der Waals surface area contributed by atoms with Crippen LogP contribution in [0.1, 0.15) is 59.9 Å². The van der Waals surface area contributed by atoms with Crippen LogP contribution in [0.25, 0.3) is 0 Å². The zero-order valence-corrected chi connectivity index (χ0v) is 20.5. The van der Waals surface area contributed by atoms with Gasteiger partial charge in [0, 0.05) is 25.3 Å². The summed E-state index contributed by atoms with van der Waals surface area (Å²) in [6.07, 6.45) is 7.11. The van der Waals surface area contributed by atoms with E-state index in [0.29, 0.717) is 11.7 Å². The predicted octanol–water partition coefficient (Wildman–Crippen LogP) is 6.33. The van der Waals surface area contributed by atoms with Gasteiger partial charge in [0.15, 0.2) is 0 Å². The molecule has 2 aliphatic rings. The summed E-state index contributed by atoms with van der Waals surface area (Å²) in [5.41, 5.74) is 8.36. The van der Waals surface area contributed by atoms with Crippen molar-refractivity contribution in [1.82, 2.24) is 4.90 Å². The minimum atomic E-state index is 0.386. The first-order chi connectivity index (χ1) is 16.7. The number of para-hydroxylation sites is 1. The van der Waals surface area contributed by atoms with Crippen LogP contribution in [-0.4, -0.2) is 36.2 Å². The maximum absolute atomic E-state index is 9.85. The molecule has 1 aliphatic carbocycles. The van der Waals surface area contributed by atoms with Gasteiger partial charge in [0.1, 0.15) is 5.75 Å². The fraction of sp³-hybridized carbons (Fsp3) is 0.419. The fourth-order valence-corrected chi connectivity index (χ4v) is 5.82. The standard InChI is InChI=1S/C31H38N2O/c1-2-33(23-25-11-9-24(10-12-25)17-20-32-18-5-6-19-32)31-8-4-3-7-30(31)28-14-13-27-22-29(34)16-15-26(27)21-28/h3-4,7-12,15-16,22,28,34H,2,5-6,13-14,17-21,23H2,1H3/t28-/m1/s1. The minimum Gasteiger partial charge on any atom is -0.508 e. The van der Waals surface area contributed by atoms with Crippen LogP contribution in [0.15, 0.2) is 66.7 Å². The summed E-state index contributed by atoms with van der Waals surface area (Å²) >= 11 is 0. The van der Waals surface area contributed by atoms with Crippen molar-refractivity contribution in [2.45, 2.75) is 57.9 Å². The molecule has 1 heterocycles. The number of hydrogen-bond acceptors (Lipinski definition) is 3. The number of phenols is 1. The first-order valence-corrected chi connectivity index (χ1v) is 13.1. The Balaban J connectivity index is 1.28. The number of benzene rings is 3. The highest BCUT2D eigenvalue weighted by molar-refractivity contribution is 5.56. The summed E-state index contributed by atoms with van der Waals surface area (Å²) in [6, 6.07) is 24.2. The summed E-state index contributed by atoms with van der Waals surface area (Å²) in [6.45, 7) is 7.94.